The van der Waals surface area contributed by atoms with E-state index >= 15 is 0 Å². The topological polar surface area (TPSA) is 69.7 Å². The zero-order chi connectivity index (χ0) is 10.9. The molecule has 0 aromatic heterocycles. The van der Waals surface area contributed by atoms with Gasteiger partial charge in [-0.1, -0.05) is 0 Å². The number of nitrogens with zero attached hydrogens (tertiary/aromatic N) is 1. The predicted octanol–water partition coefficient (Wildman–Crippen LogP) is 2.53. The summed E-state index contributed by atoms with van der Waals surface area (Å²) in [6.45, 7) is 0.701. The lowest BCUT2D eigenvalue weighted by molar-refractivity contribution is 0.467. The zero-order valence-corrected chi connectivity index (χ0v) is 9.28. The molecule has 0 aliphatic carbocycles. The van der Waals surface area contributed by atoms with Crippen LogP contribution in [0.4, 0.5) is 11.4 Å². The van der Waals surface area contributed by atoms with E-state index in [1.165, 1.54) is 0 Å². The van der Waals surface area contributed by atoms with Crippen molar-refractivity contribution < 1.29 is 9.11 Å². The molecule has 0 saturated carbocycles. The number of rotatable bonds is 1. The van der Waals surface area contributed by atoms with Gasteiger partial charge in [-0.15, -0.1) is 10.8 Å². The highest BCUT2D eigenvalue weighted by molar-refractivity contribution is 8.25. The second kappa shape index (κ2) is 3.92. The molecule has 15 heavy (non-hydrogen) atoms. The monoisotopic (exact) mass is 228 g/mol. The van der Waals surface area contributed by atoms with Crippen LogP contribution in [0.5, 0.6) is 0 Å². The van der Waals surface area contributed by atoms with Crippen LogP contribution in [0.25, 0.3) is 0 Å². The number of benzene rings is 1. The van der Waals surface area contributed by atoms with E-state index in [1.54, 1.807) is 16.4 Å². The third kappa shape index (κ3) is 2.19. The summed E-state index contributed by atoms with van der Waals surface area (Å²) in [6.07, 6.45) is 1.88. The van der Waals surface area contributed by atoms with E-state index in [0.29, 0.717) is 18.0 Å². The van der Waals surface area contributed by atoms with Gasteiger partial charge in [-0.25, -0.2) is 0 Å². The summed E-state index contributed by atoms with van der Waals surface area (Å²) >= 11 is 0. The fraction of sp³-hybridized carbons (Fsp3) is 0.400. The maximum Gasteiger partial charge on any atom is 0.0579 e. The summed E-state index contributed by atoms with van der Waals surface area (Å²) in [5.74, 6) is 0.470. The molecule has 1 saturated heterocycles. The van der Waals surface area contributed by atoms with Gasteiger partial charge in [0.25, 0.3) is 0 Å². The molecule has 1 aliphatic heterocycles. The molecule has 4 N–H and O–H groups in total. The van der Waals surface area contributed by atoms with E-state index in [1.807, 2.05) is 12.1 Å². The first-order valence-electron chi connectivity index (χ1n) is 4.99. The van der Waals surface area contributed by atoms with Crippen LogP contribution in [0, 0.1) is 0 Å². The van der Waals surface area contributed by atoms with Crippen LogP contribution < -0.4 is 10.0 Å². The first-order valence-corrected chi connectivity index (χ1v) is 6.66. The van der Waals surface area contributed by atoms with Gasteiger partial charge in [0.15, 0.2) is 0 Å². The number of hydrogen-bond acceptors (Lipinski definition) is 4. The van der Waals surface area contributed by atoms with Crippen molar-refractivity contribution in [2.24, 2.45) is 0 Å². The average Bonchev–Trinajstić information content (AvgIpc) is 2.19. The van der Waals surface area contributed by atoms with E-state index in [9.17, 15) is 9.11 Å². The lowest BCUT2D eigenvalue weighted by Crippen LogP contribution is -2.34. The molecule has 0 spiro atoms. The highest BCUT2D eigenvalue weighted by atomic mass is 32.3. The fourth-order valence-corrected chi connectivity index (χ4v) is 3.44. The summed E-state index contributed by atoms with van der Waals surface area (Å²) in [5.41, 5.74) is 7.11. The molecule has 0 bridgehead atoms. The van der Waals surface area contributed by atoms with Crippen molar-refractivity contribution >= 4 is 22.2 Å². The van der Waals surface area contributed by atoms with Gasteiger partial charge in [-0.3, -0.25) is 13.4 Å². The lowest BCUT2D eigenvalue weighted by Gasteiger charge is -2.47. The van der Waals surface area contributed by atoms with Gasteiger partial charge in [0.1, 0.15) is 0 Å². The molecule has 0 unspecified atom stereocenters. The molecule has 1 fully saturated rings. The lowest BCUT2D eigenvalue weighted by atomic mass is 10.2. The van der Waals surface area contributed by atoms with Crippen molar-refractivity contribution in [3.05, 3.63) is 24.3 Å². The Morgan fingerprint density at radius 2 is 1.80 bits per heavy atom. The smallest absolute Gasteiger partial charge is 0.0579 e. The molecule has 0 amide bonds. The van der Waals surface area contributed by atoms with Crippen molar-refractivity contribution in [1.29, 1.82) is 0 Å². The molecule has 84 valence electrons. The van der Waals surface area contributed by atoms with Crippen molar-refractivity contribution in [1.82, 2.24) is 0 Å². The van der Waals surface area contributed by atoms with Gasteiger partial charge < -0.3 is 5.73 Å². The maximum atomic E-state index is 9.89. The highest BCUT2D eigenvalue weighted by Crippen LogP contribution is 2.49. The van der Waals surface area contributed by atoms with Crippen molar-refractivity contribution in [3.8, 4) is 0 Å². The Balaban J connectivity index is 2.25. The second-order valence-electron chi connectivity index (χ2n) is 3.74. The Kier molecular flexibility index (Phi) is 2.77. The highest BCUT2D eigenvalue weighted by Gasteiger charge is 2.26. The minimum Gasteiger partial charge on any atom is -0.399 e. The summed E-state index contributed by atoms with van der Waals surface area (Å²) < 4.78 is 21.5. The summed E-state index contributed by atoms with van der Waals surface area (Å²) in [4.78, 5) is 0. The molecule has 5 heteroatoms. The van der Waals surface area contributed by atoms with E-state index in [4.69, 9.17) is 5.73 Å². The Bertz CT molecular complexity index is 340. The SMILES string of the molecule is Nc1ccc(N2CCCCS2(O)O)cc1. The summed E-state index contributed by atoms with van der Waals surface area (Å²) in [5, 5.41) is 0. The van der Waals surface area contributed by atoms with Gasteiger partial charge in [0, 0.05) is 12.2 Å². The van der Waals surface area contributed by atoms with Crippen molar-refractivity contribution in [3.63, 3.8) is 0 Å². The van der Waals surface area contributed by atoms with Crippen LogP contribution in [0.2, 0.25) is 0 Å². The van der Waals surface area contributed by atoms with Crippen LogP contribution in [0.1, 0.15) is 12.8 Å². The molecular formula is C10H16N2O2S. The predicted molar refractivity (Wildman–Crippen MR) is 65.2 cm³/mol. The van der Waals surface area contributed by atoms with Crippen molar-refractivity contribution in [2.45, 2.75) is 12.8 Å². The molecule has 0 radical (unpaired) electrons. The largest absolute Gasteiger partial charge is 0.399 e. The Morgan fingerprint density at radius 3 is 2.40 bits per heavy atom. The van der Waals surface area contributed by atoms with Crippen molar-refractivity contribution in [2.75, 3.05) is 22.3 Å². The Labute approximate surface area is 91.2 Å². The van der Waals surface area contributed by atoms with Gasteiger partial charge in [0.2, 0.25) is 0 Å². The molecule has 2 rings (SSSR count). The molecule has 4 nitrogen and oxygen atoms in total. The first-order chi connectivity index (χ1) is 7.09. The van der Waals surface area contributed by atoms with Gasteiger partial charge in [0.05, 0.1) is 11.4 Å². The number of nitrogen functional groups attached to an aromatic ring is 1. The average molecular weight is 228 g/mol. The van der Waals surface area contributed by atoms with E-state index in [2.05, 4.69) is 0 Å². The minimum absolute atomic E-state index is 0.470. The van der Waals surface area contributed by atoms with Crippen LogP contribution in [-0.4, -0.2) is 21.4 Å². The second-order valence-corrected chi connectivity index (χ2v) is 5.85. The third-order valence-electron chi connectivity index (χ3n) is 2.56. The van der Waals surface area contributed by atoms with Gasteiger partial charge in [-0.05, 0) is 37.1 Å². The molecular weight excluding hydrogens is 212 g/mol. The molecule has 1 aliphatic rings. The normalized spacial score (nSPS) is 22.4. The third-order valence-corrected chi connectivity index (χ3v) is 4.50. The molecule has 1 aromatic carbocycles. The quantitative estimate of drug-likeness (QED) is 0.646. The fourth-order valence-electron chi connectivity index (χ4n) is 1.75. The summed E-state index contributed by atoms with van der Waals surface area (Å²) in [6, 6.07) is 7.21. The first kappa shape index (κ1) is 10.6. The Hall–Kier alpha value is -0.910. The van der Waals surface area contributed by atoms with Crippen LogP contribution in [0.3, 0.4) is 0 Å². The van der Waals surface area contributed by atoms with Gasteiger partial charge in [-0.2, -0.15) is 0 Å². The van der Waals surface area contributed by atoms with Crippen LogP contribution in [-0.2, 0) is 0 Å². The number of nitrogens with two attached hydrogens (primary N) is 1. The van der Waals surface area contributed by atoms with E-state index < -0.39 is 10.8 Å². The van der Waals surface area contributed by atoms with Crippen LogP contribution in [0.15, 0.2) is 24.3 Å². The standard InChI is InChI=1S/C10H16N2O2S/c11-9-3-5-10(6-4-9)12-7-1-2-8-15(12,13)14/h3-6,13-14H,1-2,7-8,11H2. The minimum atomic E-state index is -2.60. The number of hydrogen-bond donors (Lipinski definition) is 3. The molecule has 0 atom stereocenters. The molecule has 1 aromatic rings. The number of anilines is 2. The summed E-state index contributed by atoms with van der Waals surface area (Å²) in [7, 11) is -2.60. The maximum absolute atomic E-state index is 9.89. The zero-order valence-electron chi connectivity index (χ0n) is 8.47. The van der Waals surface area contributed by atoms with E-state index in [0.717, 1.165) is 18.5 Å². The molecule has 1 heterocycles. The van der Waals surface area contributed by atoms with Gasteiger partial charge >= 0.3 is 0 Å². The Morgan fingerprint density at radius 1 is 1.13 bits per heavy atom. The van der Waals surface area contributed by atoms with Crippen LogP contribution >= 0.6 is 10.8 Å². The van der Waals surface area contributed by atoms with E-state index in [-0.39, 0.29) is 0 Å².